The Labute approximate surface area is 93.3 Å². The minimum atomic E-state index is -2.91. The maximum absolute atomic E-state index is 11.7. The molecule has 0 aromatic rings. The van der Waals surface area contributed by atoms with Crippen LogP contribution < -0.4 is 5.73 Å². The van der Waals surface area contributed by atoms with Gasteiger partial charge in [0.1, 0.15) is 0 Å². The second-order valence-corrected chi connectivity index (χ2v) is 6.91. The van der Waals surface area contributed by atoms with Crippen molar-refractivity contribution in [3.05, 3.63) is 0 Å². The fraction of sp³-hybridized carbons (Fsp3) is 1.00. The summed E-state index contributed by atoms with van der Waals surface area (Å²) in [5.74, 6) is 0.947. The minimum Gasteiger partial charge on any atom is -0.327 e. The van der Waals surface area contributed by atoms with E-state index in [2.05, 4.69) is 0 Å². The number of sulfone groups is 1. The Morgan fingerprint density at radius 1 is 1.33 bits per heavy atom. The third kappa shape index (κ3) is 4.51. The molecule has 0 heterocycles. The summed E-state index contributed by atoms with van der Waals surface area (Å²) >= 11 is 0. The summed E-state index contributed by atoms with van der Waals surface area (Å²) in [5.41, 5.74) is 5.96. The molecule has 1 aliphatic rings. The van der Waals surface area contributed by atoms with Gasteiger partial charge in [-0.05, 0) is 25.2 Å². The quantitative estimate of drug-likeness (QED) is 0.760. The zero-order chi connectivity index (χ0) is 11.3. The molecule has 0 aromatic heterocycles. The van der Waals surface area contributed by atoms with E-state index in [9.17, 15) is 8.42 Å². The van der Waals surface area contributed by atoms with E-state index in [0.29, 0.717) is 11.7 Å². The van der Waals surface area contributed by atoms with E-state index >= 15 is 0 Å². The summed E-state index contributed by atoms with van der Waals surface area (Å²) in [6, 6.07) is -0.130. The maximum atomic E-state index is 11.7. The third-order valence-corrected chi connectivity index (χ3v) is 5.06. The van der Waals surface area contributed by atoms with Gasteiger partial charge in [0.15, 0.2) is 9.84 Å². The number of hydrogen-bond acceptors (Lipinski definition) is 3. The summed E-state index contributed by atoms with van der Waals surface area (Å²) in [4.78, 5) is 0. The van der Waals surface area contributed by atoms with Crippen LogP contribution in [0.2, 0.25) is 0 Å². The summed E-state index contributed by atoms with van der Waals surface area (Å²) in [6.07, 6.45) is 6.35. The second-order valence-electron chi connectivity index (χ2n) is 4.68. The van der Waals surface area contributed by atoms with Gasteiger partial charge in [0.25, 0.3) is 0 Å². The Morgan fingerprint density at radius 2 is 1.93 bits per heavy atom. The Balaban J connectivity index is 2.38. The van der Waals surface area contributed by atoms with E-state index in [-0.39, 0.29) is 11.8 Å². The highest BCUT2D eigenvalue weighted by Crippen LogP contribution is 2.27. The van der Waals surface area contributed by atoms with Gasteiger partial charge in [-0.3, -0.25) is 0 Å². The Hall–Kier alpha value is -0.0900. The lowest BCUT2D eigenvalue weighted by atomic mass is 10.0. The lowest BCUT2D eigenvalue weighted by Crippen LogP contribution is -2.36. The smallest absolute Gasteiger partial charge is 0.151 e. The normalized spacial score (nSPS) is 20.7. The molecule has 0 bridgehead atoms. The molecule has 0 aliphatic heterocycles. The third-order valence-electron chi connectivity index (χ3n) is 3.26. The van der Waals surface area contributed by atoms with Crippen LogP contribution in [-0.2, 0) is 9.84 Å². The highest BCUT2D eigenvalue weighted by Gasteiger charge is 2.26. The van der Waals surface area contributed by atoms with Crippen LogP contribution in [0.5, 0.6) is 0 Å². The molecule has 3 nitrogen and oxygen atoms in total. The molecule has 15 heavy (non-hydrogen) atoms. The lowest BCUT2D eigenvalue weighted by molar-refractivity contribution is 0.454. The molecule has 2 N–H and O–H groups in total. The predicted octanol–water partition coefficient (Wildman–Crippen LogP) is 1.72. The first-order valence-corrected chi connectivity index (χ1v) is 7.83. The SMILES string of the molecule is CCCCS(=O)(=O)CC(N)C1CCCC1. The van der Waals surface area contributed by atoms with Crippen molar-refractivity contribution in [1.82, 2.24) is 0 Å². The summed E-state index contributed by atoms with van der Waals surface area (Å²) in [5, 5.41) is 0. The van der Waals surface area contributed by atoms with Gasteiger partial charge in [-0.15, -0.1) is 0 Å². The molecule has 1 saturated carbocycles. The molecule has 0 radical (unpaired) electrons. The van der Waals surface area contributed by atoms with Crippen LogP contribution in [-0.4, -0.2) is 26.0 Å². The van der Waals surface area contributed by atoms with Crippen LogP contribution in [0.4, 0.5) is 0 Å². The van der Waals surface area contributed by atoms with Gasteiger partial charge in [-0.2, -0.15) is 0 Å². The fourth-order valence-electron chi connectivity index (χ4n) is 2.26. The summed E-state index contributed by atoms with van der Waals surface area (Å²) in [6.45, 7) is 2.01. The van der Waals surface area contributed by atoms with E-state index in [1.165, 1.54) is 12.8 Å². The van der Waals surface area contributed by atoms with Crippen LogP contribution in [0, 0.1) is 5.92 Å². The van der Waals surface area contributed by atoms with Gasteiger partial charge in [-0.25, -0.2) is 8.42 Å². The van der Waals surface area contributed by atoms with E-state index < -0.39 is 9.84 Å². The molecule has 0 spiro atoms. The predicted molar refractivity (Wildman–Crippen MR) is 63.5 cm³/mol. The summed E-state index contributed by atoms with van der Waals surface area (Å²) < 4.78 is 23.4. The first-order chi connectivity index (χ1) is 7.05. The van der Waals surface area contributed by atoms with Gasteiger partial charge < -0.3 is 5.73 Å². The monoisotopic (exact) mass is 233 g/mol. The number of rotatable bonds is 6. The van der Waals surface area contributed by atoms with Crippen LogP contribution in [0.15, 0.2) is 0 Å². The Morgan fingerprint density at radius 3 is 2.47 bits per heavy atom. The van der Waals surface area contributed by atoms with Gasteiger partial charge in [0.05, 0.1) is 11.5 Å². The largest absolute Gasteiger partial charge is 0.327 e. The van der Waals surface area contributed by atoms with E-state index in [4.69, 9.17) is 5.73 Å². The van der Waals surface area contributed by atoms with Gasteiger partial charge in [-0.1, -0.05) is 26.2 Å². The number of nitrogens with two attached hydrogens (primary N) is 1. The topological polar surface area (TPSA) is 60.2 Å². The standard InChI is InChI=1S/C11H23NO2S/c1-2-3-8-15(13,14)9-11(12)10-6-4-5-7-10/h10-11H,2-9,12H2,1H3. The second kappa shape index (κ2) is 5.85. The molecule has 1 aliphatic carbocycles. The number of hydrogen-bond donors (Lipinski definition) is 1. The van der Waals surface area contributed by atoms with Crippen LogP contribution in [0.25, 0.3) is 0 Å². The van der Waals surface area contributed by atoms with E-state index in [1.54, 1.807) is 0 Å². The van der Waals surface area contributed by atoms with Crippen molar-refractivity contribution >= 4 is 9.84 Å². The molecule has 90 valence electrons. The molecule has 1 rings (SSSR count). The fourth-order valence-corrected chi connectivity index (χ4v) is 4.02. The van der Waals surface area contributed by atoms with E-state index in [1.807, 2.05) is 6.92 Å². The molecule has 0 amide bonds. The van der Waals surface area contributed by atoms with Gasteiger partial charge >= 0.3 is 0 Å². The zero-order valence-electron chi connectivity index (χ0n) is 9.61. The highest BCUT2D eigenvalue weighted by molar-refractivity contribution is 7.91. The van der Waals surface area contributed by atoms with Crippen molar-refractivity contribution in [2.75, 3.05) is 11.5 Å². The average molecular weight is 233 g/mol. The average Bonchev–Trinajstić information content (AvgIpc) is 2.67. The highest BCUT2D eigenvalue weighted by atomic mass is 32.2. The molecule has 1 unspecified atom stereocenters. The van der Waals surface area contributed by atoms with Crippen molar-refractivity contribution in [3.8, 4) is 0 Å². The Bertz CT molecular complexity index is 268. The van der Waals surface area contributed by atoms with Crippen molar-refractivity contribution in [2.45, 2.75) is 51.5 Å². The number of unbranched alkanes of at least 4 members (excludes halogenated alkanes) is 1. The van der Waals surface area contributed by atoms with Crippen molar-refractivity contribution in [1.29, 1.82) is 0 Å². The summed E-state index contributed by atoms with van der Waals surface area (Å²) in [7, 11) is -2.91. The molecule has 0 aromatic carbocycles. The molecular formula is C11H23NO2S. The first-order valence-electron chi connectivity index (χ1n) is 6.01. The van der Waals surface area contributed by atoms with Crippen molar-refractivity contribution in [3.63, 3.8) is 0 Å². The minimum absolute atomic E-state index is 0.130. The van der Waals surface area contributed by atoms with Gasteiger partial charge in [0, 0.05) is 6.04 Å². The first kappa shape index (κ1) is 13.0. The van der Waals surface area contributed by atoms with Crippen LogP contribution >= 0.6 is 0 Å². The molecule has 1 fully saturated rings. The zero-order valence-corrected chi connectivity index (χ0v) is 10.4. The maximum Gasteiger partial charge on any atom is 0.151 e. The molecule has 1 atom stereocenters. The molecule has 4 heteroatoms. The Kier molecular flexibility index (Phi) is 5.06. The van der Waals surface area contributed by atoms with Gasteiger partial charge in [0.2, 0.25) is 0 Å². The molecular weight excluding hydrogens is 210 g/mol. The van der Waals surface area contributed by atoms with E-state index in [0.717, 1.165) is 25.7 Å². The molecule has 0 saturated heterocycles. The van der Waals surface area contributed by atoms with Crippen molar-refractivity contribution < 1.29 is 8.42 Å². The van der Waals surface area contributed by atoms with Crippen LogP contribution in [0.1, 0.15) is 45.4 Å². The lowest BCUT2D eigenvalue weighted by Gasteiger charge is -2.18. The van der Waals surface area contributed by atoms with Crippen LogP contribution in [0.3, 0.4) is 0 Å². The van der Waals surface area contributed by atoms with Crippen molar-refractivity contribution in [2.24, 2.45) is 11.7 Å².